The molecule has 0 bridgehead atoms. The average Bonchev–Trinajstić information content (AvgIpc) is 3.96. The van der Waals surface area contributed by atoms with Gasteiger partial charge in [0.05, 0.1) is 0 Å². The lowest BCUT2D eigenvalue weighted by atomic mass is 9.83. The molecule has 0 unspecified atom stereocenters. The van der Waals surface area contributed by atoms with Crippen LogP contribution in [0, 0.1) is 0 Å². The number of fused-ring (bicyclic) bond motifs is 7. The Kier molecular flexibility index (Phi) is 9.28. The fraction of sp³-hybridized carbons (Fsp3) is 0.0137. The van der Waals surface area contributed by atoms with Gasteiger partial charge in [0.1, 0.15) is 0 Å². The summed E-state index contributed by atoms with van der Waals surface area (Å²) >= 11 is 0. The molecule has 0 nitrogen and oxygen atoms in total. The monoisotopic (exact) mass is 922 g/mol. The first-order valence-corrected chi connectivity index (χ1v) is 25.5. The largest absolute Gasteiger partial charge is 0.0797 e. The standard InChI is InChI=1S/C73H46/c1-2-46(38-53(47-20-9-4-10-21-47)33-32-45-18-7-3-8-19-45)68-64-44-62-61(58-37-36-52-35-34-51-26-15-29-54-42-63(62)71(58)70(52)66(51)54)43-65(64)69(73-60-31-17-28-50-27-16-30-59(67(50)60)72(68)73)57-40-55(48-22-11-5-12-23-48)39-56(41-57)49-24-13-6-14-25-49/h2-44H,1H3/b33-32+,46-2+,53-38+. The minimum Gasteiger partial charge on any atom is -0.0797 e. The van der Waals surface area contributed by atoms with Crippen molar-refractivity contribution >= 4 is 114 Å². The van der Waals surface area contributed by atoms with Crippen LogP contribution in [0.3, 0.4) is 0 Å². The molecule has 0 fully saturated rings. The van der Waals surface area contributed by atoms with E-state index in [1.165, 1.54) is 153 Å². The summed E-state index contributed by atoms with van der Waals surface area (Å²) in [7, 11) is 0. The molecule has 73 heavy (non-hydrogen) atoms. The van der Waals surface area contributed by atoms with Gasteiger partial charge in [-0.05, 0) is 208 Å². The van der Waals surface area contributed by atoms with E-state index in [0.29, 0.717) is 0 Å². The number of hydrogen-bond donors (Lipinski definition) is 0. The lowest BCUT2D eigenvalue weighted by Gasteiger charge is -2.20. The summed E-state index contributed by atoms with van der Waals surface area (Å²) in [5.41, 5.74) is 13.2. The van der Waals surface area contributed by atoms with Crippen LogP contribution in [-0.4, -0.2) is 0 Å². The molecule has 15 rings (SSSR count). The van der Waals surface area contributed by atoms with Crippen LogP contribution in [-0.2, 0) is 0 Å². The molecule has 0 heteroatoms. The van der Waals surface area contributed by atoms with Gasteiger partial charge in [-0.2, -0.15) is 0 Å². The first-order valence-electron chi connectivity index (χ1n) is 25.5. The summed E-state index contributed by atoms with van der Waals surface area (Å²) in [6, 6.07) is 88.3. The highest BCUT2D eigenvalue weighted by Crippen LogP contribution is 2.54. The van der Waals surface area contributed by atoms with Gasteiger partial charge in [0.2, 0.25) is 0 Å². The van der Waals surface area contributed by atoms with Crippen molar-refractivity contribution in [2.24, 2.45) is 0 Å². The van der Waals surface area contributed by atoms with Gasteiger partial charge in [-0.25, -0.2) is 0 Å². The summed E-state index contributed by atoms with van der Waals surface area (Å²) in [5.74, 6) is 0. The van der Waals surface area contributed by atoms with Crippen molar-refractivity contribution in [1.82, 2.24) is 0 Å². The van der Waals surface area contributed by atoms with E-state index in [4.69, 9.17) is 0 Å². The van der Waals surface area contributed by atoms with Crippen molar-refractivity contribution in [3.8, 4) is 33.4 Å². The van der Waals surface area contributed by atoms with E-state index < -0.39 is 0 Å². The summed E-state index contributed by atoms with van der Waals surface area (Å²) in [4.78, 5) is 0. The van der Waals surface area contributed by atoms with Gasteiger partial charge in [-0.15, -0.1) is 0 Å². The number of allylic oxidation sites excluding steroid dienone is 5. The van der Waals surface area contributed by atoms with Crippen LogP contribution in [0.2, 0.25) is 0 Å². The van der Waals surface area contributed by atoms with Crippen LogP contribution in [0.5, 0.6) is 0 Å². The van der Waals surface area contributed by atoms with Crippen LogP contribution in [0.25, 0.3) is 148 Å². The van der Waals surface area contributed by atoms with Crippen molar-refractivity contribution in [2.75, 3.05) is 0 Å². The first kappa shape index (κ1) is 41.4. The van der Waals surface area contributed by atoms with E-state index in [9.17, 15) is 0 Å². The Labute approximate surface area is 423 Å². The lowest BCUT2D eigenvalue weighted by Crippen LogP contribution is -1.94. The SMILES string of the molecule is C\C=C(/C=C(\C=C\c1ccccc1)c1ccccc1)c1c2cc3c(cc2c(-c2cc(-c4ccccc4)cc(-c4ccccc4)c2)c2c4cccc5cccc(c12)c54)c1ccc2ccc4cccc5cc3c1c2c45. The molecule has 0 saturated heterocycles. The van der Waals surface area contributed by atoms with Crippen LogP contribution in [0.4, 0.5) is 0 Å². The van der Waals surface area contributed by atoms with E-state index >= 15 is 0 Å². The van der Waals surface area contributed by atoms with E-state index in [1.54, 1.807) is 0 Å². The molecule has 0 radical (unpaired) electrons. The Morgan fingerprint density at radius 2 is 0.849 bits per heavy atom. The molecule has 0 aliphatic heterocycles. The van der Waals surface area contributed by atoms with E-state index in [2.05, 4.69) is 268 Å². The molecule has 15 aromatic carbocycles. The molecule has 0 saturated carbocycles. The Morgan fingerprint density at radius 1 is 0.301 bits per heavy atom. The maximum absolute atomic E-state index is 2.58. The minimum absolute atomic E-state index is 1.15. The zero-order chi connectivity index (χ0) is 48.1. The van der Waals surface area contributed by atoms with E-state index in [0.717, 1.165) is 5.57 Å². The molecule has 0 aliphatic rings. The molecular weight excluding hydrogens is 877 g/mol. The second-order valence-electron chi connectivity index (χ2n) is 19.8. The van der Waals surface area contributed by atoms with Crippen molar-refractivity contribution < 1.29 is 0 Å². The summed E-state index contributed by atoms with van der Waals surface area (Å²) in [6.45, 7) is 2.22. The maximum Gasteiger partial charge on any atom is -0.000741 e. The Balaban J connectivity index is 1.15. The molecule has 338 valence electrons. The van der Waals surface area contributed by atoms with Crippen molar-refractivity contribution in [3.63, 3.8) is 0 Å². The summed E-state index contributed by atoms with van der Waals surface area (Å²) < 4.78 is 0. The zero-order valence-electron chi connectivity index (χ0n) is 40.3. The van der Waals surface area contributed by atoms with Gasteiger partial charge in [-0.1, -0.05) is 218 Å². The molecule has 0 aromatic heterocycles. The number of rotatable bonds is 8. The molecule has 0 heterocycles. The van der Waals surface area contributed by atoms with Crippen LogP contribution >= 0.6 is 0 Å². The lowest BCUT2D eigenvalue weighted by molar-refractivity contribution is 1.58. The van der Waals surface area contributed by atoms with Gasteiger partial charge < -0.3 is 0 Å². The van der Waals surface area contributed by atoms with Crippen LogP contribution in [0.15, 0.2) is 255 Å². The maximum atomic E-state index is 2.58. The van der Waals surface area contributed by atoms with E-state index in [-0.39, 0.29) is 0 Å². The van der Waals surface area contributed by atoms with Crippen LogP contribution in [0.1, 0.15) is 23.6 Å². The quantitative estimate of drug-likeness (QED) is 0.105. The predicted octanol–water partition coefficient (Wildman–Crippen LogP) is 20.6. The topological polar surface area (TPSA) is 0 Å². The van der Waals surface area contributed by atoms with Crippen LogP contribution < -0.4 is 0 Å². The van der Waals surface area contributed by atoms with Gasteiger partial charge in [0.15, 0.2) is 0 Å². The number of benzene rings is 13. The van der Waals surface area contributed by atoms with Crippen molar-refractivity contribution in [2.45, 2.75) is 6.92 Å². The molecule has 0 amide bonds. The summed E-state index contributed by atoms with van der Waals surface area (Å²) in [6.07, 6.45) is 9.34. The molecular formula is C73H46. The van der Waals surface area contributed by atoms with Gasteiger partial charge >= 0.3 is 0 Å². The molecule has 0 N–H and O–H groups in total. The van der Waals surface area contributed by atoms with Gasteiger partial charge in [0, 0.05) is 0 Å². The predicted molar refractivity (Wildman–Crippen MR) is 317 cm³/mol. The molecule has 15 aromatic rings. The number of hydrogen-bond acceptors (Lipinski definition) is 0. The minimum atomic E-state index is 1.15. The van der Waals surface area contributed by atoms with E-state index in [1.807, 2.05) is 0 Å². The second-order valence-corrected chi connectivity index (χ2v) is 19.8. The molecule has 0 spiro atoms. The smallest absolute Gasteiger partial charge is 0.000741 e. The first-order chi connectivity index (χ1) is 36.2. The zero-order valence-corrected chi connectivity index (χ0v) is 40.3. The second kappa shape index (κ2) is 16.4. The highest BCUT2D eigenvalue weighted by molar-refractivity contribution is 6.43. The van der Waals surface area contributed by atoms with Crippen molar-refractivity contribution in [3.05, 3.63) is 272 Å². The fourth-order valence-corrected chi connectivity index (χ4v) is 12.6. The summed E-state index contributed by atoms with van der Waals surface area (Å²) in [5, 5.41) is 23.3. The highest BCUT2D eigenvalue weighted by atomic mass is 14.3. The Hall–Kier alpha value is -9.36. The molecule has 0 aliphatic carbocycles. The highest BCUT2D eigenvalue weighted by Gasteiger charge is 2.27. The average molecular weight is 923 g/mol. The Bertz CT molecular complexity index is 4670. The van der Waals surface area contributed by atoms with Crippen molar-refractivity contribution in [1.29, 1.82) is 0 Å². The van der Waals surface area contributed by atoms with Gasteiger partial charge in [0.25, 0.3) is 0 Å². The third-order valence-electron chi connectivity index (χ3n) is 15.8. The normalized spacial score (nSPS) is 12.8. The third kappa shape index (κ3) is 6.40. The molecule has 0 atom stereocenters. The fourth-order valence-electron chi connectivity index (χ4n) is 12.6. The Morgan fingerprint density at radius 3 is 1.53 bits per heavy atom. The van der Waals surface area contributed by atoms with Gasteiger partial charge in [-0.3, -0.25) is 0 Å². The third-order valence-corrected chi connectivity index (χ3v) is 15.8.